The summed E-state index contributed by atoms with van der Waals surface area (Å²) in [5, 5.41) is 0. The van der Waals surface area contributed by atoms with Gasteiger partial charge in [-0.1, -0.05) is 0 Å². The molecule has 0 fully saturated rings. The molecule has 0 spiro atoms. The van der Waals surface area contributed by atoms with Crippen molar-refractivity contribution in [3.63, 3.8) is 0 Å². The molecule has 0 aromatic heterocycles. The van der Waals surface area contributed by atoms with Crippen molar-refractivity contribution in [2.24, 2.45) is 10.8 Å². The van der Waals surface area contributed by atoms with Gasteiger partial charge in [0.2, 0.25) is 5.96 Å². The quantitative estimate of drug-likeness (QED) is 0.220. The Hall–Kier alpha value is -0.950. The normalized spacial score (nSPS) is 12.0. The summed E-state index contributed by atoms with van der Waals surface area (Å²) in [6.45, 7) is 0.675. The second-order valence-corrected chi connectivity index (χ2v) is 2.97. The highest BCUT2D eigenvalue weighted by Gasteiger charge is 2.10. The van der Waals surface area contributed by atoms with Gasteiger partial charge in [-0.25, -0.2) is 14.6 Å². The Bertz CT molecular complexity index is 189. The van der Waals surface area contributed by atoms with Gasteiger partial charge in [-0.2, -0.15) is 0 Å². The maximum atomic E-state index is 12.0. The molecule has 0 unspecified atom stereocenters. The average molecular weight is 224 g/mol. The zero-order valence-corrected chi connectivity index (χ0v) is 9.04. The molecule has 15 heavy (non-hydrogen) atoms. The average Bonchev–Trinajstić information content (AvgIpc) is 2.16. The van der Waals surface area contributed by atoms with Crippen molar-refractivity contribution in [3.05, 3.63) is 0 Å². The smallest absolute Gasteiger partial charge is 0.255 e. The number of alkyl halides is 2. The Morgan fingerprint density at radius 2 is 2.27 bits per heavy atom. The van der Waals surface area contributed by atoms with E-state index in [1.807, 2.05) is 0 Å². The van der Waals surface area contributed by atoms with Crippen LogP contribution in [0.5, 0.6) is 0 Å². The topological polar surface area (TPSA) is 62.9 Å². The van der Waals surface area contributed by atoms with Crippen LogP contribution in [0.3, 0.4) is 0 Å². The summed E-state index contributed by atoms with van der Waals surface area (Å²) in [5.74, 6) is 5.42. The molecule has 0 aliphatic carbocycles. The monoisotopic (exact) mass is 224 g/mol. The first-order chi connectivity index (χ1) is 7.11. The first-order valence-corrected chi connectivity index (χ1v) is 4.61. The highest BCUT2D eigenvalue weighted by molar-refractivity contribution is 5.79. The number of nitrogens with zero attached hydrogens (tertiary/aromatic N) is 2. The van der Waals surface area contributed by atoms with E-state index in [0.717, 1.165) is 6.42 Å². The molecule has 0 amide bonds. The molecule has 0 aromatic carbocycles. The van der Waals surface area contributed by atoms with Gasteiger partial charge in [0.05, 0.1) is 6.54 Å². The molecule has 3 N–H and O–H groups in total. The fraction of sp³-hybridized carbons (Fsp3) is 0.875. The van der Waals surface area contributed by atoms with Gasteiger partial charge in [0.15, 0.2) is 0 Å². The van der Waals surface area contributed by atoms with Crippen molar-refractivity contribution in [1.29, 1.82) is 0 Å². The first kappa shape index (κ1) is 14.1. The molecule has 0 saturated heterocycles. The van der Waals surface area contributed by atoms with Crippen LogP contribution in [-0.2, 0) is 4.74 Å². The number of aliphatic imine (C=N–C) groups is 1. The van der Waals surface area contributed by atoms with Crippen LogP contribution in [0.15, 0.2) is 4.99 Å². The van der Waals surface area contributed by atoms with Gasteiger partial charge in [0.25, 0.3) is 6.43 Å². The van der Waals surface area contributed by atoms with Crippen LogP contribution in [0.2, 0.25) is 0 Å². The standard InChI is InChI=1S/C8H18F2N4O/c1-14(6-7(9)10)8(13-11)12-4-3-5-15-2/h7H,3-6,11H2,1-2H3,(H,12,13). The van der Waals surface area contributed by atoms with Crippen molar-refractivity contribution in [2.45, 2.75) is 12.8 Å². The molecule has 0 radical (unpaired) electrons. The van der Waals surface area contributed by atoms with E-state index in [-0.39, 0.29) is 5.96 Å². The third-order valence-electron chi connectivity index (χ3n) is 1.67. The lowest BCUT2D eigenvalue weighted by Gasteiger charge is -2.19. The first-order valence-electron chi connectivity index (χ1n) is 4.61. The summed E-state index contributed by atoms with van der Waals surface area (Å²) in [5.41, 5.74) is 2.29. The van der Waals surface area contributed by atoms with Crippen LogP contribution in [0.1, 0.15) is 6.42 Å². The highest BCUT2D eigenvalue weighted by atomic mass is 19.3. The number of rotatable bonds is 6. The largest absolute Gasteiger partial charge is 0.385 e. The number of methoxy groups -OCH3 is 1. The van der Waals surface area contributed by atoms with Crippen LogP contribution in [0.4, 0.5) is 8.78 Å². The van der Waals surface area contributed by atoms with Crippen LogP contribution < -0.4 is 11.3 Å². The van der Waals surface area contributed by atoms with Crippen LogP contribution in [0.25, 0.3) is 0 Å². The van der Waals surface area contributed by atoms with E-state index in [9.17, 15) is 8.78 Å². The number of hydrazine groups is 1. The minimum atomic E-state index is -2.41. The van der Waals surface area contributed by atoms with Crippen LogP contribution >= 0.6 is 0 Å². The second-order valence-electron chi connectivity index (χ2n) is 2.97. The highest BCUT2D eigenvalue weighted by Crippen LogP contribution is 1.96. The predicted molar refractivity (Wildman–Crippen MR) is 54.8 cm³/mol. The minimum absolute atomic E-state index is 0.256. The van der Waals surface area contributed by atoms with Gasteiger partial charge >= 0.3 is 0 Å². The number of nitrogens with one attached hydrogen (secondary N) is 1. The maximum Gasteiger partial charge on any atom is 0.255 e. The van der Waals surface area contributed by atoms with E-state index in [0.29, 0.717) is 13.2 Å². The maximum absolute atomic E-state index is 12.0. The fourth-order valence-corrected chi connectivity index (χ4v) is 0.964. The lowest BCUT2D eigenvalue weighted by Crippen LogP contribution is -2.44. The lowest BCUT2D eigenvalue weighted by atomic mass is 10.4. The molecule has 7 heteroatoms. The molecule has 90 valence electrons. The summed E-state index contributed by atoms with van der Waals surface area (Å²) in [7, 11) is 3.09. The summed E-state index contributed by atoms with van der Waals surface area (Å²) in [6, 6.07) is 0. The Morgan fingerprint density at radius 3 is 2.73 bits per heavy atom. The van der Waals surface area contributed by atoms with E-state index >= 15 is 0 Å². The molecule has 0 aromatic rings. The van der Waals surface area contributed by atoms with Crippen molar-refractivity contribution < 1.29 is 13.5 Å². The number of hydrogen-bond acceptors (Lipinski definition) is 3. The minimum Gasteiger partial charge on any atom is -0.385 e. The molecule has 5 nitrogen and oxygen atoms in total. The van der Waals surface area contributed by atoms with E-state index in [1.165, 1.54) is 11.9 Å². The van der Waals surface area contributed by atoms with Crippen LogP contribution in [0, 0.1) is 0 Å². The molecule has 0 atom stereocenters. The van der Waals surface area contributed by atoms with Crippen molar-refractivity contribution in [3.8, 4) is 0 Å². The number of hydrogen-bond donors (Lipinski definition) is 2. The van der Waals surface area contributed by atoms with E-state index < -0.39 is 13.0 Å². The molecule has 0 heterocycles. The summed E-state index contributed by atoms with van der Waals surface area (Å²) >= 11 is 0. The van der Waals surface area contributed by atoms with Crippen LogP contribution in [-0.4, -0.2) is 51.1 Å². The zero-order valence-electron chi connectivity index (χ0n) is 9.04. The van der Waals surface area contributed by atoms with Gasteiger partial charge in [-0.15, -0.1) is 0 Å². The predicted octanol–water partition coefficient (Wildman–Crippen LogP) is 0.0391. The number of guanidine groups is 1. The Morgan fingerprint density at radius 1 is 1.60 bits per heavy atom. The van der Waals surface area contributed by atoms with E-state index in [4.69, 9.17) is 10.6 Å². The third-order valence-corrected chi connectivity index (χ3v) is 1.67. The van der Waals surface area contributed by atoms with Crippen molar-refractivity contribution >= 4 is 5.96 Å². The zero-order chi connectivity index (χ0) is 11.7. The summed E-state index contributed by atoms with van der Waals surface area (Å²) < 4.78 is 28.9. The van der Waals surface area contributed by atoms with Gasteiger partial charge in [0, 0.05) is 27.3 Å². The van der Waals surface area contributed by atoms with E-state index in [2.05, 4.69) is 10.4 Å². The van der Waals surface area contributed by atoms with Gasteiger partial charge in [0.1, 0.15) is 0 Å². The molecular weight excluding hydrogens is 206 g/mol. The number of nitrogens with two attached hydrogens (primary N) is 1. The van der Waals surface area contributed by atoms with Gasteiger partial charge < -0.3 is 9.64 Å². The van der Waals surface area contributed by atoms with Gasteiger partial charge in [-0.3, -0.25) is 10.4 Å². The SMILES string of the molecule is COCCCN=C(NN)N(C)CC(F)F. The van der Waals surface area contributed by atoms with Crippen molar-refractivity contribution in [2.75, 3.05) is 33.9 Å². The molecule has 0 aliphatic heterocycles. The summed E-state index contributed by atoms with van der Waals surface area (Å²) in [4.78, 5) is 5.30. The van der Waals surface area contributed by atoms with E-state index in [1.54, 1.807) is 7.11 Å². The Balaban J connectivity index is 3.97. The Kier molecular flexibility index (Phi) is 7.84. The third kappa shape index (κ3) is 7.03. The molecule has 0 bridgehead atoms. The lowest BCUT2D eigenvalue weighted by molar-refractivity contribution is 0.122. The number of halogens is 2. The fourth-order valence-electron chi connectivity index (χ4n) is 0.964. The molecule has 0 saturated carbocycles. The van der Waals surface area contributed by atoms with Crippen molar-refractivity contribution in [1.82, 2.24) is 10.3 Å². The van der Waals surface area contributed by atoms with Gasteiger partial charge in [-0.05, 0) is 6.42 Å². The molecular formula is C8H18F2N4O. The summed E-state index contributed by atoms with van der Waals surface area (Å²) in [6.07, 6.45) is -1.68. The molecule has 0 aliphatic rings. The Labute approximate surface area is 88.3 Å². The molecule has 0 rings (SSSR count). The number of ether oxygens (including phenoxy) is 1. The second kappa shape index (κ2) is 8.37.